The van der Waals surface area contributed by atoms with Crippen LogP contribution in [-0.4, -0.2) is 48.7 Å². The van der Waals surface area contributed by atoms with Crippen LogP contribution in [0.25, 0.3) is 0 Å². The van der Waals surface area contributed by atoms with Gasteiger partial charge in [-0.25, -0.2) is 0 Å². The fourth-order valence-corrected chi connectivity index (χ4v) is 1.95. The van der Waals surface area contributed by atoms with Crippen LogP contribution < -0.4 is 5.32 Å². The van der Waals surface area contributed by atoms with E-state index in [1.807, 2.05) is 13.8 Å². The molecule has 0 saturated carbocycles. The molecule has 0 atom stereocenters. The highest BCUT2D eigenvalue weighted by atomic mass is 16.5. The average molecular weight is 311 g/mol. The summed E-state index contributed by atoms with van der Waals surface area (Å²) in [5.41, 5.74) is 0. The Morgan fingerprint density at radius 2 is 2.18 bits per heavy atom. The van der Waals surface area contributed by atoms with E-state index in [9.17, 15) is 9.59 Å². The summed E-state index contributed by atoms with van der Waals surface area (Å²) < 4.78 is 9.88. The van der Waals surface area contributed by atoms with Gasteiger partial charge in [-0.3, -0.25) is 9.59 Å². The second kappa shape index (κ2) is 9.19. The lowest BCUT2D eigenvalue weighted by Gasteiger charge is -2.22. The van der Waals surface area contributed by atoms with Crippen molar-refractivity contribution in [3.8, 4) is 0 Å². The maximum absolute atomic E-state index is 12.2. The summed E-state index contributed by atoms with van der Waals surface area (Å²) in [5.74, 6) is 0.901. The van der Waals surface area contributed by atoms with Gasteiger partial charge in [-0.05, 0) is 19.3 Å². The molecule has 0 aliphatic heterocycles. The van der Waals surface area contributed by atoms with Crippen molar-refractivity contribution in [2.75, 3.05) is 32.1 Å². The third kappa shape index (κ3) is 6.71. The van der Waals surface area contributed by atoms with Crippen LogP contribution in [0.2, 0.25) is 0 Å². The number of hydrogen-bond donors (Lipinski definition) is 1. The molecular formula is C15H25N3O4. The molecule has 7 heteroatoms. The molecule has 0 saturated heterocycles. The number of nitrogens with one attached hydrogen (secondary N) is 1. The van der Waals surface area contributed by atoms with E-state index in [-0.39, 0.29) is 24.3 Å². The van der Waals surface area contributed by atoms with Gasteiger partial charge < -0.3 is 19.5 Å². The van der Waals surface area contributed by atoms with Gasteiger partial charge >= 0.3 is 0 Å². The number of anilines is 1. The molecule has 0 aliphatic rings. The van der Waals surface area contributed by atoms with Crippen molar-refractivity contribution < 1.29 is 18.8 Å². The molecule has 22 heavy (non-hydrogen) atoms. The van der Waals surface area contributed by atoms with Crippen molar-refractivity contribution in [2.24, 2.45) is 5.92 Å². The lowest BCUT2D eigenvalue weighted by molar-refractivity contribution is -0.135. The zero-order valence-corrected chi connectivity index (χ0v) is 13.7. The number of amides is 2. The number of hydrogen-bond acceptors (Lipinski definition) is 5. The standard InChI is InChI=1S/C15H25N3O4/c1-11(2)8-15(20)18(6-5-7-21-4)10-14(19)16-13-9-12(3)22-17-13/h9,11H,5-8,10H2,1-4H3,(H,16,17,19). The van der Waals surface area contributed by atoms with E-state index >= 15 is 0 Å². The number of carbonyl (C=O) groups excluding carboxylic acids is 2. The van der Waals surface area contributed by atoms with Gasteiger partial charge in [-0.15, -0.1) is 0 Å². The van der Waals surface area contributed by atoms with Gasteiger partial charge in [0, 0.05) is 32.7 Å². The summed E-state index contributed by atoms with van der Waals surface area (Å²) in [4.78, 5) is 25.8. The van der Waals surface area contributed by atoms with E-state index in [1.54, 1.807) is 25.0 Å². The van der Waals surface area contributed by atoms with Gasteiger partial charge in [0.05, 0.1) is 6.54 Å². The summed E-state index contributed by atoms with van der Waals surface area (Å²) in [5, 5.41) is 6.32. The maximum Gasteiger partial charge on any atom is 0.245 e. The first-order valence-electron chi connectivity index (χ1n) is 7.42. The van der Waals surface area contributed by atoms with Gasteiger partial charge in [0.15, 0.2) is 5.82 Å². The first-order valence-corrected chi connectivity index (χ1v) is 7.42. The van der Waals surface area contributed by atoms with E-state index in [2.05, 4.69) is 10.5 Å². The van der Waals surface area contributed by atoms with E-state index in [0.717, 1.165) is 0 Å². The molecule has 0 spiro atoms. The van der Waals surface area contributed by atoms with Gasteiger partial charge in [0.1, 0.15) is 5.76 Å². The molecule has 1 N–H and O–H groups in total. The van der Waals surface area contributed by atoms with E-state index < -0.39 is 0 Å². The molecule has 0 aromatic carbocycles. The van der Waals surface area contributed by atoms with Crippen LogP contribution >= 0.6 is 0 Å². The smallest absolute Gasteiger partial charge is 0.245 e. The van der Waals surface area contributed by atoms with Gasteiger partial charge in [0.25, 0.3) is 0 Å². The summed E-state index contributed by atoms with van der Waals surface area (Å²) >= 11 is 0. The minimum atomic E-state index is -0.289. The quantitative estimate of drug-likeness (QED) is 0.703. The number of aromatic nitrogens is 1. The Kier molecular flexibility index (Phi) is 7.59. The number of nitrogens with zero attached hydrogens (tertiary/aromatic N) is 2. The maximum atomic E-state index is 12.2. The molecule has 0 unspecified atom stereocenters. The van der Waals surface area contributed by atoms with Crippen molar-refractivity contribution >= 4 is 17.6 Å². The molecule has 0 radical (unpaired) electrons. The van der Waals surface area contributed by atoms with Crippen LogP contribution in [0, 0.1) is 12.8 Å². The molecule has 1 aromatic heterocycles. The van der Waals surface area contributed by atoms with Gasteiger partial charge in [-0.1, -0.05) is 19.0 Å². The van der Waals surface area contributed by atoms with Crippen molar-refractivity contribution in [1.29, 1.82) is 0 Å². The summed E-state index contributed by atoms with van der Waals surface area (Å²) in [6.07, 6.45) is 1.11. The van der Waals surface area contributed by atoms with Crippen LogP contribution in [-0.2, 0) is 14.3 Å². The highest BCUT2D eigenvalue weighted by molar-refractivity contribution is 5.93. The van der Waals surface area contributed by atoms with Crippen molar-refractivity contribution in [2.45, 2.75) is 33.6 Å². The molecule has 0 aliphatic carbocycles. The average Bonchev–Trinajstić information content (AvgIpc) is 2.82. The molecule has 0 fully saturated rings. The van der Waals surface area contributed by atoms with Crippen molar-refractivity contribution in [3.05, 3.63) is 11.8 Å². The van der Waals surface area contributed by atoms with Crippen LogP contribution in [0.1, 0.15) is 32.4 Å². The number of aryl methyl sites for hydroxylation is 1. The lowest BCUT2D eigenvalue weighted by Crippen LogP contribution is -2.39. The molecule has 124 valence electrons. The SMILES string of the molecule is COCCCN(CC(=O)Nc1cc(C)on1)C(=O)CC(C)C. The monoisotopic (exact) mass is 311 g/mol. The lowest BCUT2D eigenvalue weighted by atomic mass is 10.1. The van der Waals surface area contributed by atoms with E-state index in [0.29, 0.717) is 37.6 Å². The number of methoxy groups -OCH3 is 1. The molecule has 1 heterocycles. The highest BCUT2D eigenvalue weighted by Gasteiger charge is 2.18. The largest absolute Gasteiger partial charge is 0.385 e. The van der Waals surface area contributed by atoms with Crippen molar-refractivity contribution in [1.82, 2.24) is 10.1 Å². The minimum absolute atomic E-state index is 0.00117. The fourth-order valence-electron chi connectivity index (χ4n) is 1.95. The molecule has 7 nitrogen and oxygen atoms in total. The number of rotatable bonds is 9. The zero-order valence-electron chi connectivity index (χ0n) is 13.7. The Morgan fingerprint density at radius 3 is 2.73 bits per heavy atom. The zero-order chi connectivity index (χ0) is 16.5. The predicted octanol–water partition coefficient (Wildman–Crippen LogP) is 1.83. The summed E-state index contributed by atoms with van der Waals surface area (Å²) in [6.45, 7) is 6.74. The van der Waals surface area contributed by atoms with Gasteiger partial charge in [-0.2, -0.15) is 0 Å². The topological polar surface area (TPSA) is 84.7 Å². The molecule has 1 rings (SSSR count). The van der Waals surface area contributed by atoms with Crippen LogP contribution in [0.5, 0.6) is 0 Å². The Labute approximate surface area is 131 Å². The Balaban J connectivity index is 2.57. The van der Waals surface area contributed by atoms with Crippen LogP contribution in [0.3, 0.4) is 0 Å². The van der Waals surface area contributed by atoms with E-state index in [1.165, 1.54) is 0 Å². The Morgan fingerprint density at radius 1 is 1.45 bits per heavy atom. The highest BCUT2D eigenvalue weighted by Crippen LogP contribution is 2.08. The molecule has 0 bridgehead atoms. The normalized spacial score (nSPS) is 10.8. The van der Waals surface area contributed by atoms with Gasteiger partial charge in [0.2, 0.25) is 11.8 Å². The third-order valence-corrected chi connectivity index (χ3v) is 2.94. The Bertz CT molecular complexity index is 485. The van der Waals surface area contributed by atoms with Crippen LogP contribution in [0.4, 0.5) is 5.82 Å². The first-order chi connectivity index (χ1) is 10.4. The molecule has 2 amide bonds. The van der Waals surface area contributed by atoms with E-state index in [4.69, 9.17) is 9.26 Å². The molecular weight excluding hydrogens is 286 g/mol. The second-order valence-electron chi connectivity index (χ2n) is 5.63. The molecule has 1 aromatic rings. The van der Waals surface area contributed by atoms with Crippen LogP contribution in [0.15, 0.2) is 10.6 Å². The second-order valence-corrected chi connectivity index (χ2v) is 5.63. The first kappa shape index (κ1) is 18.2. The summed E-state index contributed by atoms with van der Waals surface area (Å²) in [6, 6.07) is 1.63. The van der Waals surface area contributed by atoms with Crippen molar-refractivity contribution in [3.63, 3.8) is 0 Å². The number of ether oxygens (including phenoxy) is 1. The fraction of sp³-hybridized carbons (Fsp3) is 0.667. The Hall–Kier alpha value is -1.89. The predicted molar refractivity (Wildman–Crippen MR) is 82.4 cm³/mol. The number of carbonyl (C=O) groups is 2. The summed E-state index contributed by atoms with van der Waals surface area (Å²) in [7, 11) is 1.61. The third-order valence-electron chi connectivity index (χ3n) is 2.94. The minimum Gasteiger partial charge on any atom is -0.385 e.